The summed E-state index contributed by atoms with van der Waals surface area (Å²) in [5, 5.41) is 13.3. The third-order valence-electron chi connectivity index (χ3n) is 6.30. The third kappa shape index (κ3) is 5.11. The van der Waals surface area contributed by atoms with Crippen molar-refractivity contribution in [3.63, 3.8) is 0 Å². The van der Waals surface area contributed by atoms with Crippen LogP contribution in [-0.2, 0) is 14.4 Å². The predicted molar refractivity (Wildman–Crippen MR) is 130 cm³/mol. The fourth-order valence-corrected chi connectivity index (χ4v) is 4.91. The molecule has 3 aliphatic heterocycles. The number of oxime groups is 1. The minimum atomic E-state index is -0.456. The number of allylic oxidation sites excluding steroid dienone is 1. The summed E-state index contributed by atoms with van der Waals surface area (Å²) in [6, 6.07) is 1.76. The van der Waals surface area contributed by atoms with Gasteiger partial charge >= 0.3 is 0 Å². The molecule has 2 amide bonds. The topological polar surface area (TPSA) is 108 Å². The molecule has 1 fully saturated rings. The number of carbonyl (C=O) groups excluding carboxylic acids is 2. The highest BCUT2D eigenvalue weighted by Gasteiger charge is 2.34. The molecule has 33 heavy (non-hydrogen) atoms. The van der Waals surface area contributed by atoms with Gasteiger partial charge in [0, 0.05) is 66.5 Å². The van der Waals surface area contributed by atoms with E-state index in [1.165, 1.54) is 0 Å². The van der Waals surface area contributed by atoms with E-state index < -0.39 is 5.92 Å². The van der Waals surface area contributed by atoms with E-state index in [0.29, 0.717) is 17.9 Å². The molecule has 0 radical (unpaired) electrons. The van der Waals surface area contributed by atoms with Crippen LogP contribution in [-0.4, -0.2) is 66.7 Å². The maximum absolute atomic E-state index is 12.9. The molecule has 0 aromatic carbocycles. The SMILES string of the molecule is CON=C1CCN(CCNC(=O)C2=C(C)/C(=C/C3C(=O)Nc4ncc(Br)cc43)NC2C)CC1. The number of hydrogen-bond donors (Lipinski definition) is 3. The first-order valence-corrected chi connectivity index (χ1v) is 11.9. The van der Waals surface area contributed by atoms with Gasteiger partial charge in [0.05, 0.1) is 17.7 Å². The molecule has 176 valence electrons. The lowest BCUT2D eigenvalue weighted by molar-refractivity contribution is -0.118. The summed E-state index contributed by atoms with van der Waals surface area (Å²) in [7, 11) is 1.57. The Morgan fingerprint density at radius 3 is 2.91 bits per heavy atom. The van der Waals surface area contributed by atoms with Crippen LogP contribution >= 0.6 is 15.9 Å². The molecule has 10 heteroatoms. The van der Waals surface area contributed by atoms with Crippen LogP contribution in [0.2, 0.25) is 0 Å². The van der Waals surface area contributed by atoms with Crippen molar-refractivity contribution in [1.29, 1.82) is 0 Å². The molecule has 1 saturated heterocycles. The molecule has 1 aromatic heterocycles. The van der Waals surface area contributed by atoms with Gasteiger partial charge in [0.2, 0.25) is 11.8 Å². The van der Waals surface area contributed by atoms with Gasteiger partial charge in [-0.15, -0.1) is 0 Å². The van der Waals surface area contributed by atoms with Crippen LogP contribution in [0.3, 0.4) is 0 Å². The lowest BCUT2D eigenvalue weighted by Crippen LogP contribution is -2.41. The molecule has 0 bridgehead atoms. The summed E-state index contributed by atoms with van der Waals surface area (Å²) in [5.41, 5.74) is 4.29. The molecule has 0 spiro atoms. The Labute approximate surface area is 201 Å². The average Bonchev–Trinajstić information content (AvgIpc) is 3.24. The first-order valence-electron chi connectivity index (χ1n) is 11.1. The van der Waals surface area contributed by atoms with Crippen LogP contribution < -0.4 is 16.0 Å². The van der Waals surface area contributed by atoms with Gasteiger partial charge in [-0.2, -0.15) is 0 Å². The quantitative estimate of drug-likeness (QED) is 0.500. The molecule has 0 aliphatic carbocycles. The number of hydrogen-bond acceptors (Lipinski definition) is 7. The minimum absolute atomic E-state index is 0.0739. The highest BCUT2D eigenvalue weighted by Crippen LogP contribution is 2.36. The van der Waals surface area contributed by atoms with Gasteiger partial charge in [0.15, 0.2) is 0 Å². The highest BCUT2D eigenvalue weighted by molar-refractivity contribution is 9.10. The lowest BCUT2D eigenvalue weighted by Gasteiger charge is -2.27. The van der Waals surface area contributed by atoms with Crippen LogP contribution in [0.5, 0.6) is 0 Å². The minimum Gasteiger partial charge on any atom is -0.399 e. The van der Waals surface area contributed by atoms with Crippen LogP contribution in [0.4, 0.5) is 5.82 Å². The Kier molecular flexibility index (Phi) is 7.14. The lowest BCUT2D eigenvalue weighted by atomic mass is 9.99. The molecular formula is C23H29BrN6O3. The number of piperidine rings is 1. The predicted octanol–water partition coefficient (Wildman–Crippen LogP) is 2.29. The maximum atomic E-state index is 12.9. The first-order chi connectivity index (χ1) is 15.9. The van der Waals surface area contributed by atoms with Gasteiger partial charge in [0.1, 0.15) is 12.9 Å². The fourth-order valence-electron chi connectivity index (χ4n) is 4.57. The van der Waals surface area contributed by atoms with E-state index in [-0.39, 0.29) is 17.9 Å². The Morgan fingerprint density at radius 1 is 1.42 bits per heavy atom. The van der Waals surface area contributed by atoms with Gasteiger partial charge in [-0.05, 0) is 47.5 Å². The number of rotatable bonds is 6. The molecule has 2 unspecified atom stereocenters. The van der Waals surface area contributed by atoms with E-state index in [0.717, 1.165) is 59.5 Å². The Hall–Kier alpha value is -2.72. The molecular weight excluding hydrogens is 488 g/mol. The number of aromatic nitrogens is 1. The zero-order chi connectivity index (χ0) is 23.5. The Balaban J connectivity index is 1.39. The van der Waals surface area contributed by atoms with E-state index in [2.05, 4.69) is 46.9 Å². The number of halogens is 1. The number of anilines is 1. The van der Waals surface area contributed by atoms with E-state index in [1.807, 2.05) is 26.0 Å². The third-order valence-corrected chi connectivity index (χ3v) is 6.73. The van der Waals surface area contributed by atoms with Crippen molar-refractivity contribution < 1.29 is 14.4 Å². The second-order valence-corrected chi connectivity index (χ2v) is 9.40. The monoisotopic (exact) mass is 516 g/mol. The summed E-state index contributed by atoms with van der Waals surface area (Å²) in [4.78, 5) is 36.9. The molecule has 4 rings (SSSR count). The smallest absolute Gasteiger partial charge is 0.249 e. The summed E-state index contributed by atoms with van der Waals surface area (Å²) < 4.78 is 0.817. The largest absolute Gasteiger partial charge is 0.399 e. The normalized spacial score (nSPS) is 23.9. The number of nitrogens with zero attached hydrogens (tertiary/aromatic N) is 3. The van der Waals surface area contributed by atoms with Crippen molar-refractivity contribution in [3.05, 3.63) is 45.2 Å². The number of nitrogens with one attached hydrogen (secondary N) is 3. The number of pyridine rings is 1. The van der Waals surface area contributed by atoms with Crippen molar-refractivity contribution in [3.8, 4) is 0 Å². The molecule has 2 atom stereocenters. The first kappa shape index (κ1) is 23.4. The zero-order valence-electron chi connectivity index (χ0n) is 19.1. The van der Waals surface area contributed by atoms with Crippen molar-refractivity contribution in [2.24, 2.45) is 5.16 Å². The molecule has 1 aromatic rings. The average molecular weight is 517 g/mol. The number of fused-ring (bicyclic) bond motifs is 1. The highest BCUT2D eigenvalue weighted by atomic mass is 79.9. The van der Waals surface area contributed by atoms with Crippen LogP contribution in [0, 0.1) is 0 Å². The molecule has 0 saturated carbocycles. The second-order valence-electron chi connectivity index (χ2n) is 8.48. The summed E-state index contributed by atoms with van der Waals surface area (Å²) in [6.45, 7) is 7.09. The number of carbonyl (C=O) groups is 2. The van der Waals surface area contributed by atoms with Gasteiger partial charge in [-0.3, -0.25) is 9.59 Å². The van der Waals surface area contributed by atoms with Crippen molar-refractivity contribution >= 4 is 39.3 Å². The Bertz CT molecular complexity index is 1040. The van der Waals surface area contributed by atoms with E-state index in [1.54, 1.807) is 13.3 Å². The molecule has 3 N–H and O–H groups in total. The summed E-state index contributed by atoms with van der Waals surface area (Å²) in [6.07, 6.45) is 5.33. The van der Waals surface area contributed by atoms with Crippen LogP contribution in [0.15, 0.2) is 44.8 Å². The number of likely N-dealkylation sites (tertiary alicyclic amines) is 1. The second kappa shape index (κ2) is 10.0. The Morgan fingerprint density at radius 2 is 2.18 bits per heavy atom. The van der Waals surface area contributed by atoms with Crippen molar-refractivity contribution in [2.45, 2.75) is 38.6 Å². The van der Waals surface area contributed by atoms with Gasteiger partial charge < -0.3 is 25.7 Å². The molecule has 4 heterocycles. The van der Waals surface area contributed by atoms with Crippen LogP contribution in [0.25, 0.3) is 0 Å². The number of amides is 2. The van der Waals surface area contributed by atoms with E-state index in [4.69, 9.17) is 4.84 Å². The summed E-state index contributed by atoms with van der Waals surface area (Å²) >= 11 is 3.42. The van der Waals surface area contributed by atoms with Crippen molar-refractivity contribution in [2.75, 3.05) is 38.6 Å². The van der Waals surface area contributed by atoms with Gasteiger partial charge in [0.25, 0.3) is 0 Å². The van der Waals surface area contributed by atoms with E-state index >= 15 is 0 Å². The van der Waals surface area contributed by atoms with Crippen molar-refractivity contribution in [1.82, 2.24) is 20.5 Å². The summed E-state index contributed by atoms with van der Waals surface area (Å²) in [5.74, 6) is -0.0737. The fraction of sp³-hybridized carbons (Fsp3) is 0.478. The maximum Gasteiger partial charge on any atom is 0.249 e. The molecule has 9 nitrogen and oxygen atoms in total. The van der Waals surface area contributed by atoms with E-state index in [9.17, 15) is 9.59 Å². The van der Waals surface area contributed by atoms with Crippen LogP contribution in [0.1, 0.15) is 38.2 Å². The van der Waals surface area contributed by atoms with Gasteiger partial charge in [-0.1, -0.05) is 5.16 Å². The zero-order valence-corrected chi connectivity index (χ0v) is 20.7. The van der Waals surface area contributed by atoms with Gasteiger partial charge in [-0.25, -0.2) is 4.98 Å². The standard InChI is InChI=1S/C23H29BrN6O3/c1-13-19(11-18-17-10-15(24)12-26-21(17)28-22(18)31)27-14(2)20(13)23(32)25-6-9-30-7-4-16(5-8-30)29-33-3/h10-12,14,18,27H,4-9H2,1-3H3,(H,25,32)(H,26,28,31)/b19-11-. The molecule has 3 aliphatic rings.